The van der Waals surface area contributed by atoms with Crippen LogP contribution in [0.1, 0.15) is 17.4 Å². The number of benzene rings is 1. The number of ether oxygens (including phenoxy) is 1. The molecule has 11 heteroatoms. The lowest BCUT2D eigenvalue weighted by Gasteiger charge is -2.45. The van der Waals surface area contributed by atoms with Crippen molar-refractivity contribution in [2.75, 3.05) is 0 Å². The van der Waals surface area contributed by atoms with Gasteiger partial charge in [0.15, 0.2) is 19.5 Å². The van der Waals surface area contributed by atoms with Crippen LogP contribution in [0.4, 0.5) is 0 Å². The van der Waals surface area contributed by atoms with Gasteiger partial charge in [-0.3, -0.25) is 18.6 Å². The largest absolute Gasteiger partial charge is 0.442 e. The lowest BCUT2D eigenvalue weighted by molar-refractivity contribution is -0.0473. The van der Waals surface area contributed by atoms with E-state index in [9.17, 15) is 19.5 Å². The highest BCUT2D eigenvalue weighted by atomic mass is 31.2. The zero-order valence-electron chi connectivity index (χ0n) is 14.7. The maximum atomic E-state index is 12.9. The second-order valence-electron chi connectivity index (χ2n) is 6.21. The van der Waals surface area contributed by atoms with Crippen molar-refractivity contribution < 1.29 is 33.2 Å². The SMILES string of the molecule is C=C(N)Oc1ccc(C2OP(=C)(O)C(O)(Cc3cccnc3)P(=O)(O)O2)cc1. The standard InChI is InChI=1S/C17H20N2O7P2/c1-12(18)24-15-7-5-14(6-8-15)16-25-27(2,21)17(20,28(22,23)26-16)10-13-4-3-9-19-11-13/h3-9,11,16,20-21H,1-2,10,18H2,(H,22,23). The summed E-state index contributed by atoms with van der Waals surface area (Å²) < 4.78 is 28.6. The van der Waals surface area contributed by atoms with Gasteiger partial charge in [0.25, 0.3) is 0 Å². The number of hydrogen-bond donors (Lipinski definition) is 4. The monoisotopic (exact) mass is 426 g/mol. The fraction of sp³-hybridized carbons (Fsp3) is 0.176. The van der Waals surface area contributed by atoms with Crippen molar-refractivity contribution in [1.82, 2.24) is 4.98 Å². The average Bonchev–Trinajstić information content (AvgIpc) is 2.60. The van der Waals surface area contributed by atoms with Crippen LogP contribution in [0, 0.1) is 0 Å². The molecule has 4 unspecified atom stereocenters. The van der Waals surface area contributed by atoms with Crippen molar-refractivity contribution in [3.8, 4) is 5.75 Å². The summed E-state index contributed by atoms with van der Waals surface area (Å²) in [4.78, 5) is 25.1. The zero-order chi connectivity index (χ0) is 20.6. The molecule has 9 nitrogen and oxygen atoms in total. The maximum Gasteiger partial charge on any atom is 0.371 e. The van der Waals surface area contributed by atoms with Crippen molar-refractivity contribution in [2.24, 2.45) is 5.73 Å². The van der Waals surface area contributed by atoms with Crippen molar-refractivity contribution in [3.05, 3.63) is 72.4 Å². The Morgan fingerprint density at radius 2 is 1.96 bits per heavy atom. The van der Waals surface area contributed by atoms with Crippen LogP contribution < -0.4 is 10.5 Å². The molecule has 0 spiro atoms. The molecule has 0 bridgehead atoms. The predicted molar refractivity (Wildman–Crippen MR) is 104 cm³/mol. The Labute approximate surface area is 161 Å². The van der Waals surface area contributed by atoms with E-state index in [2.05, 4.69) is 17.9 Å². The summed E-state index contributed by atoms with van der Waals surface area (Å²) in [5.74, 6) is 0.378. The summed E-state index contributed by atoms with van der Waals surface area (Å²) in [6.45, 7) is 3.42. The van der Waals surface area contributed by atoms with Gasteiger partial charge in [-0.05, 0) is 36.6 Å². The van der Waals surface area contributed by atoms with Crippen molar-refractivity contribution in [1.29, 1.82) is 0 Å². The first kappa shape index (κ1) is 20.8. The summed E-state index contributed by atoms with van der Waals surface area (Å²) in [6, 6.07) is 9.19. The van der Waals surface area contributed by atoms with Crippen LogP contribution in [0.3, 0.4) is 0 Å². The van der Waals surface area contributed by atoms with Crippen LogP contribution in [0.25, 0.3) is 0 Å². The lowest BCUT2D eigenvalue weighted by atomic mass is 10.2. The first-order valence-electron chi connectivity index (χ1n) is 8.03. The minimum atomic E-state index is -4.78. The Bertz CT molecular complexity index is 939. The Morgan fingerprint density at radius 1 is 1.29 bits per heavy atom. The second kappa shape index (κ2) is 7.46. The normalized spacial score (nSPS) is 32.6. The van der Waals surface area contributed by atoms with Gasteiger partial charge in [-0.15, -0.1) is 0 Å². The van der Waals surface area contributed by atoms with Gasteiger partial charge in [-0.25, -0.2) is 0 Å². The third-order valence-electron chi connectivity index (χ3n) is 4.09. The molecule has 3 rings (SSSR count). The zero-order valence-corrected chi connectivity index (χ0v) is 16.5. The number of hydrogen-bond acceptors (Lipinski definition) is 8. The highest BCUT2D eigenvalue weighted by Gasteiger charge is 2.62. The summed E-state index contributed by atoms with van der Waals surface area (Å²) >= 11 is 0. The van der Waals surface area contributed by atoms with Gasteiger partial charge < -0.3 is 25.4 Å². The van der Waals surface area contributed by atoms with Crippen molar-refractivity contribution in [2.45, 2.75) is 17.8 Å². The predicted octanol–water partition coefficient (Wildman–Crippen LogP) is 2.28. The smallest absolute Gasteiger partial charge is 0.371 e. The van der Waals surface area contributed by atoms with E-state index in [1.54, 1.807) is 12.1 Å². The molecule has 2 aromatic rings. The Kier molecular flexibility index (Phi) is 5.53. The van der Waals surface area contributed by atoms with Crippen LogP contribution >= 0.6 is 14.9 Å². The van der Waals surface area contributed by atoms with E-state index < -0.39 is 32.7 Å². The second-order valence-corrected chi connectivity index (χ2v) is 10.9. The molecule has 1 aromatic heterocycles. The number of aromatic nitrogens is 1. The number of nitrogens with two attached hydrogens (primary N) is 1. The minimum Gasteiger partial charge on any atom is -0.442 e. The quantitative estimate of drug-likeness (QED) is 0.418. The van der Waals surface area contributed by atoms with Gasteiger partial charge in [-0.2, -0.15) is 0 Å². The van der Waals surface area contributed by atoms with Crippen LogP contribution in [0.2, 0.25) is 0 Å². The fourth-order valence-electron chi connectivity index (χ4n) is 2.64. The molecule has 1 fully saturated rings. The van der Waals surface area contributed by atoms with E-state index in [1.807, 2.05) is 0 Å². The molecule has 1 saturated heterocycles. The molecule has 1 aliphatic rings. The topological polar surface area (TPSA) is 144 Å². The maximum absolute atomic E-state index is 12.9. The summed E-state index contributed by atoms with van der Waals surface area (Å²) in [6.07, 6.45) is 4.60. The molecule has 150 valence electrons. The van der Waals surface area contributed by atoms with Crippen LogP contribution in [-0.2, 0) is 20.0 Å². The minimum absolute atomic E-state index is 0.00343. The van der Waals surface area contributed by atoms with E-state index in [4.69, 9.17) is 19.5 Å². The van der Waals surface area contributed by atoms with Gasteiger partial charge >= 0.3 is 7.60 Å². The third-order valence-corrected chi connectivity index (χ3v) is 9.14. The summed E-state index contributed by atoms with van der Waals surface area (Å²) in [7, 11) is -8.80. The van der Waals surface area contributed by atoms with Gasteiger partial charge in [0.1, 0.15) is 5.75 Å². The number of rotatable bonds is 5. The molecular weight excluding hydrogens is 406 g/mol. The van der Waals surface area contributed by atoms with Crippen molar-refractivity contribution in [3.63, 3.8) is 0 Å². The van der Waals surface area contributed by atoms with E-state index in [0.717, 1.165) is 0 Å². The summed E-state index contributed by atoms with van der Waals surface area (Å²) in [5, 5.41) is 8.29. The van der Waals surface area contributed by atoms with E-state index in [-0.39, 0.29) is 5.88 Å². The molecule has 1 aromatic carbocycles. The molecule has 2 heterocycles. The highest BCUT2D eigenvalue weighted by molar-refractivity contribution is 7.78. The molecule has 0 amide bonds. The molecule has 0 aliphatic carbocycles. The molecular formula is C17H20N2O7P2. The molecule has 1 aliphatic heterocycles. The average molecular weight is 426 g/mol. The van der Waals surface area contributed by atoms with E-state index >= 15 is 0 Å². The Balaban J connectivity index is 1.88. The number of nitrogens with zero attached hydrogens (tertiary/aromatic N) is 1. The van der Waals surface area contributed by atoms with E-state index in [1.165, 1.54) is 36.7 Å². The highest BCUT2D eigenvalue weighted by Crippen LogP contribution is 2.78. The lowest BCUT2D eigenvalue weighted by Crippen LogP contribution is -2.38. The third kappa shape index (κ3) is 3.92. The number of pyridine rings is 1. The fourth-order valence-corrected chi connectivity index (χ4v) is 6.63. The van der Waals surface area contributed by atoms with Crippen molar-refractivity contribution >= 4 is 21.2 Å². The first-order valence-corrected chi connectivity index (χ1v) is 11.5. The van der Waals surface area contributed by atoms with E-state index in [0.29, 0.717) is 16.9 Å². The van der Waals surface area contributed by atoms with Gasteiger partial charge in [0, 0.05) is 24.4 Å². The Morgan fingerprint density at radius 3 is 2.50 bits per heavy atom. The van der Waals surface area contributed by atoms with Crippen LogP contribution in [-0.4, -0.2) is 31.3 Å². The van der Waals surface area contributed by atoms with Crippen LogP contribution in [0.15, 0.2) is 61.3 Å². The van der Waals surface area contributed by atoms with Gasteiger partial charge in [0.05, 0.1) is 0 Å². The first-order chi connectivity index (χ1) is 13.0. The van der Waals surface area contributed by atoms with Crippen LogP contribution in [0.5, 0.6) is 5.75 Å². The van der Waals surface area contributed by atoms with Gasteiger partial charge in [0.2, 0.25) is 5.08 Å². The molecule has 0 radical (unpaired) electrons. The molecule has 4 atom stereocenters. The Hall–Kier alpha value is -1.96. The van der Waals surface area contributed by atoms with Gasteiger partial charge in [-0.1, -0.05) is 18.2 Å². The number of aliphatic hydroxyl groups is 1. The molecule has 0 saturated carbocycles. The summed E-state index contributed by atoms with van der Waals surface area (Å²) in [5.41, 5.74) is 6.09. The molecule has 28 heavy (non-hydrogen) atoms. The molecule has 5 N–H and O–H groups in total.